The van der Waals surface area contributed by atoms with Crippen LogP contribution in [0.1, 0.15) is 28.2 Å². The van der Waals surface area contributed by atoms with Gasteiger partial charge in [0.15, 0.2) is 0 Å². The number of rotatable bonds is 5. The summed E-state index contributed by atoms with van der Waals surface area (Å²) in [4.78, 5) is 14.0. The minimum Gasteiger partial charge on any atom is -0.371 e. The first kappa shape index (κ1) is 17.5. The van der Waals surface area contributed by atoms with Crippen LogP contribution < -0.4 is 16.0 Å². The van der Waals surface area contributed by atoms with Crippen molar-refractivity contribution in [1.82, 2.24) is 10.2 Å². The van der Waals surface area contributed by atoms with Crippen molar-refractivity contribution >= 4 is 34.3 Å². The molecule has 2 aromatic carbocycles. The Morgan fingerprint density at radius 1 is 1.11 bits per heavy atom. The van der Waals surface area contributed by atoms with E-state index in [1.165, 1.54) is 0 Å². The van der Waals surface area contributed by atoms with E-state index in [1.807, 2.05) is 37.3 Å². The van der Waals surface area contributed by atoms with E-state index >= 15 is 0 Å². The first-order chi connectivity index (χ1) is 13.1. The normalized spacial score (nSPS) is 13.7. The summed E-state index contributed by atoms with van der Waals surface area (Å²) in [5, 5.41) is 13.6. The van der Waals surface area contributed by atoms with Crippen molar-refractivity contribution in [2.24, 2.45) is 5.73 Å². The third-order valence-corrected chi connectivity index (χ3v) is 5.52. The van der Waals surface area contributed by atoms with Crippen LogP contribution in [0.3, 0.4) is 0 Å². The van der Waals surface area contributed by atoms with Gasteiger partial charge in [0.05, 0.1) is 11.3 Å². The van der Waals surface area contributed by atoms with Crippen molar-refractivity contribution in [3.05, 3.63) is 53.0 Å². The number of aryl methyl sites for hydroxylation is 1. The second-order valence-corrected chi connectivity index (χ2v) is 7.80. The lowest BCUT2D eigenvalue weighted by Crippen LogP contribution is -2.23. The number of aromatic nitrogens is 2. The van der Waals surface area contributed by atoms with Gasteiger partial charge in [-0.25, -0.2) is 0 Å². The minimum absolute atomic E-state index is 0.392. The maximum atomic E-state index is 11.8. The topological polar surface area (TPSA) is 84.1 Å². The van der Waals surface area contributed by atoms with E-state index in [2.05, 4.69) is 26.5 Å². The lowest BCUT2D eigenvalue weighted by molar-refractivity contribution is 0.100. The summed E-state index contributed by atoms with van der Waals surface area (Å²) in [5.74, 6) is -0.392. The van der Waals surface area contributed by atoms with E-state index in [4.69, 9.17) is 5.73 Å². The molecule has 0 unspecified atom stereocenters. The molecule has 0 bridgehead atoms. The van der Waals surface area contributed by atoms with Crippen LogP contribution in [0.5, 0.6) is 0 Å². The van der Waals surface area contributed by atoms with E-state index in [-0.39, 0.29) is 0 Å². The van der Waals surface area contributed by atoms with Gasteiger partial charge in [-0.3, -0.25) is 4.79 Å². The highest BCUT2D eigenvalue weighted by Gasteiger charge is 2.19. The Hall–Kier alpha value is -2.93. The number of benzene rings is 2. The van der Waals surface area contributed by atoms with Gasteiger partial charge in [-0.1, -0.05) is 23.5 Å². The molecule has 0 spiro atoms. The van der Waals surface area contributed by atoms with Crippen molar-refractivity contribution in [2.45, 2.75) is 19.8 Å². The number of amides is 1. The van der Waals surface area contributed by atoms with Gasteiger partial charge in [0, 0.05) is 30.0 Å². The molecule has 0 aliphatic carbocycles. The highest BCUT2D eigenvalue weighted by atomic mass is 32.1. The SMILES string of the molecule is Cc1nnc(-c2cccc(Nc3ccc(C(N)=O)c(N4CCCC4)c3)c2)s1. The molecular weight excluding hydrogens is 358 g/mol. The van der Waals surface area contributed by atoms with Crippen molar-refractivity contribution in [1.29, 1.82) is 0 Å². The largest absolute Gasteiger partial charge is 0.371 e. The van der Waals surface area contributed by atoms with Crippen LogP contribution in [0.2, 0.25) is 0 Å². The number of hydrogen-bond donors (Lipinski definition) is 2. The van der Waals surface area contributed by atoms with E-state index in [0.29, 0.717) is 5.56 Å². The molecular formula is C20H21N5OS. The van der Waals surface area contributed by atoms with Crippen molar-refractivity contribution in [3.8, 4) is 10.6 Å². The summed E-state index contributed by atoms with van der Waals surface area (Å²) >= 11 is 1.57. The van der Waals surface area contributed by atoms with Crippen LogP contribution in [-0.2, 0) is 0 Å². The summed E-state index contributed by atoms with van der Waals surface area (Å²) in [6.45, 7) is 3.86. The second kappa shape index (κ2) is 7.36. The number of primary amides is 1. The number of nitrogens with two attached hydrogens (primary N) is 1. The molecule has 1 aromatic heterocycles. The van der Waals surface area contributed by atoms with Crippen LogP contribution >= 0.6 is 11.3 Å². The summed E-state index contributed by atoms with van der Waals surface area (Å²) < 4.78 is 0. The molecule has 1 amide bonds. The molecule has 2 heterocycles. The Morgan fingerprint density at radius 3 is 2.59 bits per heavy atom. The number of nitrogens with one attached hydrogen (secondary N) is 1. The quantitative estimate of drug-likeness (QED) is 0.701. The molecule has 4 rings (SSSR count). The van der Waals surface area contributed by atoms with Gasteiger partial charge in [-0.2, -0.15) is 0 Å². The molecule has 1 aliphatic rings. The Morgan fingerprint density at radius 2 is 1.89 bits per heavy atom. The number of anilines is 3. The van der Waals surface area contributed by atoms with Crippen molar-refractivity contribution in [2.75, 3.05) is 23.3 Å². The highest BCUT2D eigenvalue weighted by molar-refractivity contribution is 7.14. The van der Waals surface area contributed by atoms with E-state index in [0.717, 1.165) is 58.6 Å². The Balaban J connectivity index is 1.63. The van der Waals surface area contributed by atoms with Gasteiger partial charge in [0.25, 0.3) is 5.91 Å². The van der Waals surface area contributed by atoms with Gasteiger partial charge in [-0.15, -0.1) is 10.2 Å². The Bertz CT molecular complexity index is 978. The van der Waals surface area contributed by atoms with Gasteiger partial charge in [0.1, 0.15) is 10.0 Å². The third-order valence-electron chi connectivity index (χ3n) is 4.63. The van der Waals surface area contributed by atoms with Gasteiger partial charge >= 0.3 is 0 Å². The molecule has 27 heavy (non-hydrogen) atoms. The van der Waals surface area contributed by atoms with Gasteiger partial charge < -0.3 is 16.0 Å². The average Bonchev–Trinajstić information content (AvgIpc) is 3.33. The molecule has 0 atom stereocenters. The fourth-order valence-corrected chi connectivity index (χ4v) is 4.04. The highest BCUT2D eigenvalue weighted by Crippen LogP contribution is 2.31. The van der Waals surface area contributed by atoms with E-state index in [1.54, 1.807) is 17.4 Å². The number of carbonyl (C=O) groups excluding carboxylic acids is 1. The molecule has 138 valence electrons. The molecule has 1 aliphatic heterocycles. The molecule has 0 radical (unpaired) electrons. The molecule has 7 heteroatoms. The summed E-state index contributed by atoms with van der Waals surface area (Å²) in [6.07, 6.45) is 2.28. The van der Waals surface area contributed by atoms with Crippen LogP contribution in [0, 0.1) is 6.92 Å². The first-order valence-electron chi connectivity index (χ1n) is 8.96. The minimum atomic E-state index is -0.392. The fourth-order valence-electron chi connectivity index (χ4n) is 3.35. The zero-order valence-corrected chi connectivity index (χ0v) is 15.9. The summed E-state index contributed by atoms with van der Waals surface area (Å²) in [6, 6.07) is 13.8. The van der Waals surface area contributed by atoms with Gasteiger partial charge in [0.2, 0.25) is 0 Å². The maximum absolute atomic E-state index is 11.8. The van der Waals surface area contributed by atoms with E-state index < -0.39 is 5.91 Å². The lowest BCUT2D eigenvalue weighted by Gasteiger charge is -2.21. The molecule has 3 N–H and O–H groups in total. The molecule has 3 aromatic rings. The third kappa shape index (κ3) is 3.78. The maximum Gasteiger partial charge on any atom is 0.250 e. The zero-order valence-electron chi connectivity index (χ0n) is 15.1. The van der Waals surface area contributed by atoms with Crippen molar-refractivity contribution in [3.63, 3.8) is 0 Å². The van der Waals surface area contributed by atoms with Crippen LogP contribution in [-0.4, -0.2) is 29.2 Å². The number of carbonyl (C=O) groups is 1. The second-order valence-electron chi connectivity index (χ2n) is 6.62. The molecule has 0 saturated carbocycles. The summed E-state index contributed by atoms with van der Waals surface area (Å²) in [7, 11) is 0. The smallest absolute Gasteiger partial charge is 0.250 e. The van der Waals surface area contributed by atoms with E-state index in [9.17, 15) is 4.79 Å². The van der Waals surface area contributed by atoms with Gasteiger partial charge in [-0.05, 0) is 50.1 Å². The first-order valence-corrected chi connectivity index (χ1v) is 9.78. The number of nitrogens with zero attached hydrogens (tertiary/aromatic N) is 3. The average molecular weight is 379 g/mol. The monoisotopic (exact) mass is 379 g/mol. The van der Waals surface area contributed by atoms with Crippen molar-refractivity contribution < 1.29 is 4.79 Å². The standard InChI is InChI=1S/C20H21N5OS/c1-13-23-24-20(27-13)14-5-4-6-15(11-14)22-16-7-8-17(19(21)26)18(12-16)25-9-2-3-10-25/h4-8,11-12,22H,2-3,9-10H2,1H3,(H2,21,26). The fraction of sp³-hybridized carbons (Fsp3) is 0.250. The predicted octanol–water partition coefficient (Wildman–Crippen LogP) is 3.96. The van der Waals surface area contributed by atoms with Crippen LogP contribution in [0.4, 0.5) is 17.1 Å². The van der Waals surface area contributed by atoms with Crippen LogP contribution in [0.15, 0.2) is 42.5 Å². The lowest BCUT2D eigenvalue weighted by atomic mass is 10.1. The summed E-state index contributed by atoms with van der Waals surface area (Å²) in [5.41, 5.74) is 9.96. The zero-order chi connectivity index (χ0) is 18.8. The predicted molar refractivity (Wildman–Crippen MR) is 110 cm³/mol. The molecule has 1 fully saturated rings. The Kier molecular flexibility index (Phi) is 4.77. The number of hydrogen-bond acceptors (Lipinski definition) is 6. The van der Waals surface area contributed by atoms with Crippen LogP contribution in [0.25, 0.3) is 10.6 Å². The Labute approximate surface area is 162 Å². The molecule has 1 saturated heterocycles. The molecule has 6 nitrogen and oxygen atoms in total.